The van der Waals surface area contributed by atoms with E-state index in [0.717, 1.165) is 11.0 Å². The molecule has 0 atom stereocenters. The van der Waals surface area contributed by atoms with E-state index in [-0.39, 0.29) is 18.4 Å². The predicted molar refractivity (Wildman–Crippen MR) is 98.4 cm³/mol. The number of nitrogens with one attached hydrogen (secondary N) is 1. The molecule has 1 aromatic carbocycles. The highest BCUT2D eigenvalue weighted by atomic mass is 16.4. The van der Waals surface area contributed by atoms with Crippen LogP contribution in [0.25, 0.3) is 11.0 Å². The lowest BCUT2D eigenvalue weighted by atomic mass is 10.1. The van der Waals surface area contributed by atoms with E-state index in [4.69, 9.17) is 5.11 Å². The second-order valence-corrected chi connectivity index (χ2v) is 6.44. The van der Waals surface area contributed by atoms with Crippen LogP contribution >= 0.6 is 0 Å². The molecule has 0 spiro atoms. The molecule has 2 aromatic heterocycles. The molecule has 0 aliphatic carbocycles. The zero-order valence-electron chi connectivity index (χ0n) is 14.9. The average Bonchev–Trinajstić information content (AvgIpc) is 2.98. The van der Waals surface area contributed by atoms with Crippen molar-refractivity contribution in [1.82, 2.24) is 14.8 Å². The van der Waals surface area contributed by atoms with Crippen molar-refractivity contribution < 1.29 is 14.7 Å². The van der Waals surface area contributed by atoms with Gasteiger partial charge < -0.3 is 10.4 Å². The number of benzene rings is 1. The SMILES string of the molecule is Cc1nc2c(cnn2C(C)C)cc1C(=O)Nc1ccc(CC(=O)O)cc1. The molecule has 134 valence electrons. The molecule has 26 heavy (non-hydrogen) atoms. The lowest BCUT2D eigenvalue weighted by Crippen LogP contribution is -2.14. The first-order valence-electron chi connectivity index (χ1n) is 8.32. The van der Waals surface area contributed by atoms with Crippen molar-refractivity contribution in [2.24, 2.45) is 0 Å². The summed E-state index contributed by atoms with van der Waals surface area (Å²) in [5.74, 6) is -1.15. The molecule has 0 saturated carbocycles. The van der Waals surface area contributed by atoms with Crippen molar-refractivity contribution in [2.75, 3.05) is 5.32 Å². The second kappa shape index (κ2) is 6.95. The number of carbonyl (C=O) groups is 2. The number of amides is 1. The van der Waals surface area contributed by atoms with Gasteiger partial charge in [0.25, 0.3) is 5.91 Å². The number of aliphatic carboxylic acids is 1. The number of nitrogens with zero attached hydrogens (tertiary/aromatic N) is 3. The molecule has 0 saturated heterocycles. The van der Waals surface area contributed by atoms with E-state index in [1.807, 2.05) is 18.5 Å². The van der Waals surface area contributed by atoms with Crippen LogP contribution in [0.4, 0.5) is 5.69 Å². The standard InChI is InChI=1S/C19H20N4O3/c1-11(2)23-18-14(10-20-23)9-16(12(3)21-18)19(26)22-15-6-4-13(5-7-15)8-17(24)25/h4-7,9-11H,8H2,1-3H3,(H,22,26)(H,24,25). The third kappa shape index (κ3) is 3.56. The predicted octanol–water partition coefficient (Wildman–Crippen LogP) is 3.20. The van der Waals surface area contributed by atoms with Crippen molar-refractivity contribution >= 4 is 28.6 Å². The number of carboxylic acids is 1. The van der Waals surface area contributed by atoms with Crippen molar-refractivity contribution in [3.63, 3.8) is 0 Å². The third-order valence-electron chi connectivity index (χ3n) is 4.06. The van der Waals surface area contributed by atoms with Gasteiger partial charge in [0.2, 0.25) is 0 Å². The van der Waals surface area contributed by atoms with Crippen molar-refractivity contribution in [3.05, 3.63) is 53.3 Å². The molecule has 0 fully saturated rings. The number of hydrogen-bond donors (Lipinski definition) is 2. The van der Waals surface area contributed by atoms with Gasteiger partial charge in [0.05, 0.1) is 23.9 Å². The summed E-state index contributed by atoms with van der Waals surface area (Å²) < 4.78 is 1.82. The fourth-order valence-corrected chi connectivity index (χ4v) is 2.75. The summed E-state index contributed by atoms with van der Waals surface area (Å²) in [5.41, 5.74) is 3.14. The van der Waals surface area contributed by atoms with Crippen LogP contribution in [0, 0.1) is 6.92 Å². The molecule has 7 nitrogen and oxygen atoms in total. The van der Waals surface area contributed by atoms with E-state index in [0.29, 0.717) is 22.5 Å². The van der Waals surface area contributed by atoms with Crippen LogP contribution < -0.4 is 5.32 Å². The molecule has 1 amide bonds. The van der Waals surface area contributed by atoms with Crippen LogP contribution in [0.15, 0.2) is 36.5 Å². The van der Waals surface area contributed by atoms with E-state index < -0.39 is 5.97 Å². The first-order valence-corrected chi connectivity index (χ1v) is 8.32. The van der Waals surface area contributed by atoms with Crippen LogP contribution in [-0.2, 0) is 11.2 Å². The number of rotatable bonds is 5. The number of carbonyl (C=O) groups excluding carboxylic acids is 1. The maximum Gasteiger partial charge on any atom is 0.307 e. The van der Waals surface area contributed by atoms with Crippen molar-refractivity contribution in [3.8, 4) is 0 Å². The Hall–Kier alpha value is -3.22. The van der Waals surface area contributed by atoms with Gasteiger partial charge in [-0.25, -0.2) is 9.67 Å². The fraction of sp³-hybridized carbons (Fsp3) is 0.263. The topological polar surface area (TPSA) is 97.1 Å². The quantitative estimate of drug-likeness (QED) is 0.735. The third-order valence-corrected chi connectivity index (χ3v) is 4.06. The Morgan fingerprint density at radius 3 is 2.54 bits per heavy atom. The molecule has 0 radical (unpaired) electrons. The summed E-state index contributed by atoms with van der Waals surface area (Å²) in [6, 6.07) is 8.72. The van der Waals surface area contributed by atoms with Crippen LogP contribution in [0.2, 0.25) is 0 Å². The Morgan fingerprint density at radius 2 is 1.92 bits per heavy atom. The lowest BCUT2D eigenvalue weighted by Gasteiger charge is -2.10. The van der Waals surface area contributed by atoms with Crippen LogP contribution in [0.1, 0.15) is 41.5 Å². The van der Waals surface area contributed by atoms with Gasteiger partial charge >= 0.3 is 5.97 Å². The van der Waals surface area contributed by atoms with E-state index in [1.54, 1.807) is 43.5 Å². The van der Waals surface area contributed by atoms with Crippen LogP contribution in [-0.4, -0.2) is 31.7 Å². The fourth-order valence-electron chi connectivity index (χ4n) is 2.75. The number of carboxylic acid groups (broad SMARTS) is 1. The van der Waals surface area contributed by atoms with Crippen LogP contribution in [0.3, 0.4) is 0 Å². The summed E-state index contributed by atoms with van der Waals surface area (Å²) >= 11 is 0. The van der Waals surface area contributed by atoms with Gasteiger partial charge in [0.1, 0.15) is 0 Å². The molecule has 0 bridgehead atoms. The zero-order valence-corrected chi connectivity index (χ0v) is 14.9. The summed E-state index contributed by atoms with van der Waals surface area (Å²) in [7, 11) is 0. The highest BCUT2D eigenvalue weighted by Gasteiger charge is 2.15. The highest BCUT2D eigenvalue weighted by molar-refractivity contribution is 6.06. The first kappa shape index (κ1) is 17.6. The minimum Gasteiger partial charge on any atom is -0.481 e. The van der Waals surface area contributed by atoms with Crippen molar-refractivity contribution in [1.29, 1.82) is 0 Å². The number of anilines is 1. The molecular weight excluding hydrogens is 332 g/mol. The van der Waals surface area contributed by atoms with Gasteiger partial charge in [-0.1, -0.05) is 12.1 Å². The second-order valence-electron chi connectivity index (χ2n) is 6.44. The molecule has 2 heterocycles. The Morgan fingerprint density at radius 1 is 1.23 bits per heavy atom. The molecular formula is C19H20N4O3. The number of aromatic nitrogens is 3. The summed E-state index contributed by atoms with van der Waals surface area (Å²) in [4.78, 5) is 27.9. The molecule has 3 rings (SSSR count). The van der Waals surface area contributed by atoms with E-state index >= 15 is 0 Å². The Labute approximate surface area is 150 Å². The van der Waals surface area contributed by atoms with Gasteiger partial charge in [0, 0.05) is 17.1 Å². The van der Waals surface area contributed by atoms with Gasteiger partial charge in [-0.2, -0.15) is 5.10 Å². The zero-order chi connectivity index (χ0) is 18.8. The minimum absolute atomic E-state index is 0.0479. The molecule has 0 aliphatic rings. The first-order chi connectivity index (χ1) is 12.3. The van der Waals surface area contributed by atoms with Gasteiger partial charge in [-0.05, 0) is 44.5 Å². The monoisotopic (exact) mass is 352 g/mol. The average molecular weight is 352 g/mol. The van der Waals surface area contributed by atoms with Gasteiger partial charge in [-0.3, -0.25) is 9.59 Å². The number of hydrogen-bond acceptors (Lipinski definition) is 4. The minimum atomic E-state index is -0.890. The van der Waals surface area contributed by atoms with E-state index in [1.165, 1.54) is 0 Å². The lowest BCUT2D eigenvalue weighted by molar-refractivity contribution is -0.136. The summed E-state index contributed by atoms with van der Waals surface area (Å²) in [5, 5.41) is 16.8. The normalized spacial score (nSPS) is 11.1. The summed E-state index contributed by atoms with van der Waals surface area (Å²) in [6.45, 7) is 5.85. The molecule has 2 N–H and O–H groups in total. The maximum absolute atomic E-state index is 12.6. The van der Waals surface area contributed by atoms with Crippen LogP contribution in [0.5, 0.6) is 0 Å². The Balaban J connectivity index is 1.83. The smallest absolute Gasteiger partial charge is 0.307 e. The highest BCUT2D eigenvalue weighted by Crippen LogP contribution is 2.20. The number of aryl methyl sites for hydroxylation is 1. The van der Waals surface area contributed by atoms with E-state index in [9.17, 15) is 9.59 Å². The molecule has 0 aliphatic heterocycles. The Kier molecular flexibility index (Phi) is 4.71. The Bertz CT molecular complexity index is 974. The van der Waals surface area contributed by atoms with Gasteiger partial charge in [-0.15, -0.1) is 0 Å². The maximum atomic E-state index is 12.6. The largest absolute Gasteiger partial charge is 0.481 e. The van der Waals surface area contributed by atoms with Crippen molar-refractivity contribution in [2.45, 2.75) is 33.2 Å². The number of fused-ring (bicyclic) bond motifs is 1. The molecule has 7 heteroatoms. The number of pyridine rings is 1. The summed E-state index contributed by atoms with van der Waals surface area (Å²) in [6.07, 6.45) is 1.66. The van der Waals surface area contributed by atoms with Gasteiger partial charge in [0.15, 0.2) is 5.65 Å². The molecule has 3 aromatic rings. The molecule has 0 unspecified atom stereocenters. The van der Waals surface area contributed by atoms with E-state index in [2.05, 4.69) is 15.4 Å².